The maximum absolute atomic E-state index is 12.4. The number of fused-ring (bicyclic) bond motifs is 2. The number of hydrogen-bond donors (Lipinski definition) is 0. The minimum Gasteiger partial charge on any atom is -1.00 e. The summed E-state index contributed by atoms with van der Waals surface area (Å²) < 4.78 is 11.0. The molecule has 1 heterocycles. The Labute approximate surface area is 165 Å². The average molecular weight is 530 g/mol. The van der Waals surface area contributed by atoms with Crippen molar-refractivity contribution in [2.75, 3.05) is 7.11 Å². The van der Waals surface area contributed by atoms with Gasteiger partial charge in [0.1, 0.15) is 11.8 Å². The molecule has 23 heavy (non-hydrogen) atoms. The van der Waals surface area contributed by atoms with Crippen LogP contribution in [-0.2, 0) is 41.9 Å². The van der Waals surface area contributed by atoms with E-state index in [4.69, 9.17) is 9.47 Å². The van der Waals surface area contributed by atoms with Gasteiger partial charge in [-0.1, -0.05) is 13.0 Å². The van der Waals surface area contributed by atoms with Gasteiger partial charge in [-0.25, -0.2) is 4.79 Å². The van der Waals surface area contributed by atoms with Gasteiger partial charge >= 0.3 is 33.8 Å². The molecule has 1 aliphatic heterocycles. The molecule has 1 aliphatic carbocycles. The molecular formula is C16H24ClHgNO4. The molecule has 0 N–H and O–H groups in total. The fraction of sp³-hybridized carbons (Fsp3) is 0.688. The summed E-state index contributed by atoms with van der Waals surface area (Å²) in [5.74, 6) is -0.0449. The Morgan fingerprint density at radius 2 is 1.96 bits per heavy atom. The molecule has 1 fully saturated rings. The van der Waals surface area contributed by atoms with E-state index >= 15 is 0 Å². The van der Waals surface area contributed by atoms with Gasteiger partial charge in [0.15, 0.2) is 5.78 Å². The first kappa shape index (κ1) is 22.9. The van der Waals surface area contributed by atoms with E-state index in [9.17, 15) is 9.59 Å². The molecule has 7 heteroatoms. The van der Waals surface area contributed by atoms with Gasteiger partial charge in [-0.05, 0) is 39.2 Å². The molecular weight excluding hydrogens is 506 g/mol. The summed E-state index contributed by atoms with van der Waals surface area (Å²) in [6.07, 6.45) is 4.21. The monoisotopic (exact) mass is 531 g/mol. The Kier molecular flexibility index (Phi) is 8.76. The molecule has 0 aromatic rings. The van der Waals surface area contributed by atoms with E-state index in [0.29, 0.717) is 12.8 Å². The van der Waals surface area contributed by atoms with E-state index in [1.807, 2.05) is 40.2 Å². The van der Waals surface area contributed by atoms with Gasteiger partial charge in [-0.2, -0.15) is 0 Å². The maximum Gasteiger partial charge on any atom is 1.00 e. The second-order valence-corrected chi connectivity index (χ2v) is 6.47. The second kappa shape index (κ2) is 8.81. The van der Waals surface area contributed by atoms with Crippen LogP contribution < -0.4 is 12.4 Å². The number of ketones is 1. The summed E-state index contributed by atoms with van der Waals surface area (Å²) in [6.45, 7) is 7.35. The summed E-state index contributed by atoms with van der Waals surface area (Å²) >= 11 is 0. The molecule has 3 unspecified atom stereocenters. The third-order valence-corrected chi connectivity index (χ3v) is 3.80. The number of methoxy groups -OCH3 is 1. The molecule has 3 atom stereocenters. The van der Waals surface area contributed by atoms with Crippen molar-refractivity contribution in [1.29, 1.82) is 0 Å². The van der Waals surface area contributed by atoms with Crippen LogP contribution in [0.2, 0.25) is 0 Å². The summed E-state index contributed by atoms with van der Waals surface area (Å²) in [5.41, 5.74) is 0.202. The van der Waals surface area contributed by atoms with Crippen molar-refractivity contribution in [2.24, 2.45) is 5.92 Å². The quantitative estimate of drug-likeness (QED) is 0.471. The molecule has 2 aliphatic rings. The summed E-state index contributed by atoms with van der Waals surface area (Å²) in [6, 6.07) is -0.0665. The number of rotatable bonds is 3. The standard InChI is InChI=1S/C16H24NO4.ClH.Hg/c1-6-13(18)11-8-7-10-9-12(11)14(20-5)17(10)15(19)21-16(2,3)4;;/h8-10,12,14H,6-7H2,1-5H3;1H;/q;;+1/p-1. The van der Waals surface area contributed by atoms with E-state index in [-0.39, 0.29) is 57.8 Å². The van der Waals surface area contributed by atoms with E-state index in [1.54, 1.807) is 12.0 Å². The fourth-order valence-electron chi connectivity index (χ4n) is 2.94. The molecule has 2 rings (SSSR count). The van der Waals surface area contributed by atoms with Crippen LogP contribution in [0.5, 0.6) is 0 Å². The molecule has 126 valence electrons. The first-order valence-corrected chi connectivity index (χ1v) is 7.40. The molecule has 0 aromatic carbocycles. The van der Waals surface area contributed by atoms with Crippen molar-refractivity contribution in [3.8, 4) is 0 Å². The molecule has 1 saturated heterocycles. The number of carbonyl (C=O) groups excluding carboxylic acids is 2. The van der Waals surface area contributed by atoms with Crippen LogP contribution in [0.1, 0.15) is 40.5 Å². The van der Waals surface area contributed by atoms with Gasteiger partial charge in [0.25, 0.3) is 0 Å². The normalized spacial score (nSPS) is 25.9. The molecule has 0 aromatic heterocycles. The number of likely N-dealkylation sites (tertiary alicyclic amines) is 1. The van der Waals surface area contributed by atoms with Crippen LogP contribution in [0, 0.1) is 12.3 Å². The largest absolute Gasteiger partial charge is 1.00 e. The number of carbonyl (C=O) groups is 2. The van der Waals surface area contributed by atoms with Crippen molar-refractivity contribution in [1.82, 2.24) is 4.90 Å². The van der Waals surface area contributed by atoms with Crippen LogP contribution >= 0.6 is 0 Å². The van der Waals surface area contributed by atoms with Crippen LogP contribution in [-0.4, -0.2) is 41.8 Å². The maximum atomic E-state index is 12.4. The number of nitrogens with zero attached hydrogens (tertiary/aromatic N) is 1. The Morgan fingerprint density at radius 1 is 1.35 bits per heavy atom. The van der Waals surface area contributed by atoms with Crippen LogP contribution in [0.25, 0.3) is 0 Å². The van der Waals surface area contributed by atoms with E-state index in [2.05, 4.69) is 0 Å². The third kappa shape index (κ3) is 4.92. The Hall–Kier alpha value is -0.135. The van der Waals surface area contributed by atoms with Gasteiger partial charge < -0.3 is 21.9 Å². The van der Waals surface area contributed by atoms with Crippen molar-refractivity contribution < 1.29 is 59.1 Å². The van der Waals surface area contributed by atoms with Gasteiger partial charge in [0.2, 0.25) is 0 Å². The van der Waals surface area contributed by atoms with Crippen LogP contribution in [0.3, 0.4) is 0 Å². The van der Waals surface area contributed by atoms with Crippen LogP contribution in [0.4, 0.5) is 4.79 Å². The van der Waals surface area contributed by atoms with E-state index in [1.165, 1.54) is 0 Å². The van der Waals surface area contributed by atoms with Gasteiger partial charge in [0, 0.05) is 25.5 Å². The molecule has 5 nitrogen and oxygen atoms in total. The summed E-state index contributed by atoms with van der Waals surface area (Å²) in [5, 5.41) is 0. The van der Waals surface area contributed by atoms with Crippen molar-refractivity contribution in [3.63, 3.8) is 0 Å². The van der Waals surface area contributed by atoms with Crippen molar-refractivity contribution in [3.05, 3.63) is 18.1 Å². The molecule has 1 amide bonds. The number of Topliss-reactive ketones (excluding diaryl/α,β-unsaturated/α-hetero) is 1. The number of halogens is 1. The van der Waals surface area contributed by atoms with Gasteiger partial charge in [-0.3, -0.25) is 9.69 Å². The number of ether oxygens (including phenoxy) is 2. The fourth-order valence-corrected chi connectivity index (χ4v) is 2.94. The van der Waals surface area contributed by atoms with E-state index < -0.39 is 17.9 Å². The predicted octanol–water partition coefficient (Wildman–Crippen LogP) is -0.291. The number of hydrogen-bond acceptors (Lipinski definition) is 4. The molecule has 0 saturated carbocycles. The zero-order valence-corrected chi connectivity index (χ0v) is 20.7. The Morgan fingerprint density at radius 3 is 2.43 bits per heavy atom. The van der Waals surface area contributed by atoms with Crippen LogP contribution in [0.15, 0.2) is 11.6 Å². The predicted molar refractivity (Wildman–Crippen MR) is 78.4 cm³/mol. The van der Waals surface area contributed by atoms with Crippen molar-refractivity contribution in [2.45, 2.75) is 58.4 Å². The number of amides is 1. The first-order chi connectivity index (χ1) is 9.78. The topological polar surface area (TPSA) is 55.8 Å². The summed E-state index contributed by atoms with van der Waals surface area (Å²) in [7, 11) is 1.56. The molecule has 2 bridgehead atoms. The smallest absolute Gasteiger partial charge is 1.00 e. The first-order valence-electron chi connectivity index (χ1n) is 7.40. The second-order valence-electron chi connectivity index (χ2n) is 6.47. The summed E-state index contributed by atoms with van der Waals surface area (Å²) in [4.78, 5) is 26.1. The zero-order valence-electron chi connectivity index (χ0n) is 14.5. The third-order valence-electron chi connectivity index (χ3n) is 3.80. The zero-order chi connectivity index (χ0) is 15.8. The minimum absolute atomic E-state index is 0. The van der Waals surface area contributed by atoms with E-state index in [0.717, 1.165) is 5.57 Å². The van der Waals surface area contributed by atoms with Gasteiger partial charge in [-0.15, -0.1) is 0 Å². The SMILES string of the molecule is CCC(=O)C1=CCC2[CH]C1C(OC)N2C(=O)OC(C)(C)C.[Cl-].[Hg+]. The molecule has 2 radical (unpaired) electrons. The average Bonchev–Trinajstić information content (AvgIpc) is 2.68. The Balaban J connectivity index is 0.00000242. The minimum atomic E-state index is -0.554. The van der Waals surface area contributed by atoms with Gasteiger partial charge in [0.05, 0.1) is 0 Å². The van der Waals surface area contributed by atoms with Crippen molar-refractivity contribution >= 4 is 11.9 Å². The molecule has 0 spiro atoms. The Bertz CT molecular complexity index is 475.